The van der Waals surface area contributed by atoms with Gasteiger partial charge in [0.1, 0.15) is 28.6 Å². The molecule has 0 spiro atoms. The van der Waals surface area contributed by atoms with E-state index in [9.17, 15) is 10.4 Å². The maximum absolute atomic E-state index is 12.3. The summed E-state index contributed by atoms with van der Waals surface area (Å²) >= 11 is 1.43. The van der Waals surface area contributed by atoms with Gasteiger partial charge < -0.3 is 18.7 Å². The molecule has 0 saturated carbocycles. The molecule has 2 aromatic heterocycles. The Bertz CT molecular complexity index is 1190. The summed E-state index contributed by atoms with van der Waals surface area (Å²) in [4.78, 5) is 8.75. The maximum atomic E-state index is 12.3. The van der Waals surface area contributed by atoms with E-state index in [2.05, 4.69) is 88.9 Å². The third kappa shape index (κ3) is 5.04. The Hall–Kier alpha value is -1.34. The fraction of sp³-hybridized carbons (Fsp3) is 0.760. The average Bonchev–Trinajstić information content (AvgIpc) is 3.30. The quantitative estimate of drug-likeness (QED) is 0.351. The minimum atomic E-state index is -2.38. The monoisotopic (exact) mass is 565 g/mol. The van der Waals surface area contributed by atoms with Gasteiger partial charge in [-0.2, -0.15) is 10.4 Å². The van der Waals surface area contributed by atoms with E-state index in [0.717, 1.165) is 0 Å². The van der Waals surface area contributed by atoms with Crippen LogP contribution in [0.4, 0.5) is 0 Å². The molecule has 12 heteroatoms. The summed E-state index contributed by atoms with van der Waals surface area (Å²) in [6, 6.07) is 2.38. The van der Waals surface area contributed by atoms with Gasteiger partial charge in [-0.1, -0.05) is 41.5 Å². The van der Waals surface area contributed by atoms with Crippen LogP contribution in [0.1, 0.15) is 54.2 Å². The van der Waals surface area contributed by atoms with Crippen LogP contribution in [-0.4, -0.2) is 66.4 Å². The lowest BCUT2D eigenvalue weighted by Gasteiger charge is -2.43. The summed E-state index contributed by atoms with van der Waals surface area (Å²) in [6.07, 6.45) is 3.41. The van der Waals surface area contributed by atoms with E-state index in [-0.39, 0.29) is 22.4 Å². The Labute approximate surface area is 227 Å². The molecular weight excluding hydrogens is 523 g/mol. The average molecular weight is 566 g/mol. The van der Waals surface area contributed by atoms with Gasteiger partial charge in [0.05, 0.1) is 25.0 Å². The number of fused-ring (bicyclic) bond motifs is 1. The van der Waals surface area contributed by atoms with Crippen LogP contribution in [0.2, 0.25) is 36.3 Å². The second-order valence-corrected chi connectivity index (χ2v) is 23.5. The first-order chi connectivity index (χ1) is 16.8. The van der Waals surface area contributed by atoms with Gasteiger partial charge in [0.15, 0.2) is 22.3 Å². The molecule has 1 aliphatic rings. The highest BCUT2D eigenvalue weighted by Gasteiger charge is 2.68. The zero-order chi connectivity index (χ0) is 28.2. The molecule has 9 nitrogen and oxygen atoms in total. The molecule has 1 unspecified atom stereocenters. The van der Waals surface area contributed by atoms with Crippen molar-refractivity contribution in [3.63, 3.8) is 0 Å². The summed E-state index contributed by atoms with van der Waals surface area (Å²) in [5.74, 6) is -2.04. The van der Waals surface area contributed by atoms with Gasteiger partial charge in [-0.25, -0.2) is 14.5 Å². The van der Waals surface area contributed by atoms with Crippen molar-refractivity contribution >= 4 is 34.0 Å². The first-order valence-electron chi connectivity index (χ1n) is 12.6. The normalized spacial score (nSPS) is 27.6. The highest BCUT2D eigenvalue weighted by atomic mass is 32.2. The smallest absolute Gasteiger partial charge is 0.233 e. The van der Waals surface area contributed by atoms with Gasteiger partial charge in [0.25, 0.3) is 0 Å². The van der Waals surface area contributed by atoms with Crippen molar-refractivity contribution < 1.29 is 18.7 Å². The van der Waals surface area contributed by atoms with E-state index in [1.165, 1.54) is 28.8 Å². The number of hydrogen-bond donors (Lipinski definition) is 1. The first kappa shape index (κ1) is 30.2. The number of aliphatic hydroxyl groups is 1. The highest BCUT2D eigenvalue weighted by Crippen LogP contribution is 2.54. The van der Waals surface area contributed by atoms with Crippen molar-refractivity contribution in [3.8, 4) is 6.07 Å². The lowest BCUT2D eigenvalue weighted by molar-refractivity contribution is -0.240. The number of ether oxygens (including phenoxy) is 1. The van der Waals surface area contributed by atoms with Crippen LogP contribution in [0.15, 0.2) is 17.6 Å². The summed E-state index contributed by atoms with van der Waals surface area (Å²) in [5, 5.41) is 27.8. The van der Waals surface area contributed by atoms with Crippen LogP contribution in [-0.2, 0) is 19.4 Å². The Morgan fingerprint density at radius 1 is 1.14 bits per heavy atom. The minimum Gasteiger partial charge on any atom is -0.414 e. The number of rotatable bonds is 7. The Balaban J connectivity index is 2.15. The molecule has 0 aromatic carbocycles. The van der Waals surface area contributed by atoms with Gasteiger partial charge in [0, 0.05) is 0 Å². The van der Waals surface area contributed by atoms with Gasteiger partial charge in [-0.3, -0.25) is 0 Å². The van der Waals surface area contributed by atoms with Crippen molar-refractivity contribution in [2.75, 3.05) is 12.9 Å². The zero-order valence-electron chi connectivity index (χ0n) is 24.3. The molecule has 1 N–H and O–H groups in total. The predicted molar refractivity (Wildman–Crippen MR) is 150 cm³/mol. The zero-order valence-corrected chi connectivity index (χ0v) is 27.1. The summed E-state index contributed by atoms with van der Waals surface area (Å²) in [5.41, 5.74) is -0.710. The third-order valence-corrected chi connectivity index (χ3v) is 18.3. The van der Waals surface area contributed by atoms with Crippen molar-refractivity contribution in [3.05, 3.63) is 18.2 Å². The molecule has 0 radical (unpaired) electrons. The van der Waals surface area contributed by atoms with E-state index in [0.29, 0.717) is 10.7 Å². The molecule has 4 atom stereocenters. The topological polar surface area (TPSA) is 115 Å². The van der Waals surface area contributed by atoms with Crippen molar-refractivity contribution in [2.24, 2.45) is 5.41 Å². The van der Waals surface area contributed by atoms with E-state index in [1.807, 2.05) is 6.26 Å². The second-order valence-electron chi connectivity index (χ2n) is 13.1. The maximum Gasteiger partial charge on any atom is 0.233 e. The molecule has 0 bridgehead atoms. The number of nitrogens with zero attached hydrogens (tertiary/aromatic N) is 5. The summed E-state index contributed by atoms with van der Waals surface area (Å²) in [6.45, 7) is 23.5. The Morgan fingerprint density at radius 2 is 1.73 bits per heavy atom. The SMILES string of the molecule is CSc1ncnn2c(C3(O)O[C@H](CO[Si](C)(C)C(C)(C)C)[C@@H](O[Si](C)(C)C(C)(C)C)[C@@]3(C)C#N)cnc12. The molecular formula is C25H43N5O4SSi2. The molecule has 37 heavy (non-hydrogen) atoms. The Morgan fingerprint density at radius 3 is 2.24 bits per heavy atom. The van der Waals surface area contributed by atoms with Crippen molar-refractivity contribution in [1.29, 1.82) is 5.26 Å². The van der Waals surface area contributed by atoms with Crippen LogP contribution in [0.3, 0.4) is 0 Å². The van der Waals surface area contributed by atoms with Crippen LogP contribution in [0, 0.1) is 16.7 Å². The number of imidazole rings is 1. The van der Waals surface area contributed by atoms with Crippen LogP contribution < -0.4 is 0 Å². The number of hydrogen-bond acceptors (Lipinski definition) is 9. The van der Waals surface area contributed by atoms with E-state index < -0.39 is 40.0 Å². The molecule has 3 heterocycles. The van der Waals surface area contributed by atoms with Crippen LogP contribution >= 0.6 is 11.8 Å². The first-order valence-corrected chi connectivity index (χ1v) is 19.7. The number of nitriles is 1. The number of thioether (sulfide) groups is 1. The highest BCUT2D eigenvalue weighted by molar-refractivity contribution is 7.98. The molecule has 3 rings (SSSR count). The standard InChI is InChI=1S/C25H43N5O4SSi2/c1-22(2,3)36(9,10)32-14-17-19(34-37(11,12)23(4,5)6)24(7,15-26)25(31,33-17)18-13-27-20-21(35-8)28-16-29-30(18)20/h13,16-17,19,31H,14H2,1-12H3/t17-,19-,24-,25?/m1/s1. The summed E-state index contributed by atoms with van der Waals surface area (Å²) < 4.78 is 21.4. The molecule has 1 aliphatic heterocycles. The van der Waals surface area contributed by atoms with E-state index >= 15 is 0 Å². The largest absolute Gasteiger partial charge is 0.414 e. The minimum absolute atomic E-state index is 0.0109. The molecule has 0 aliphatic carbocycles. The second kappa shape index (κ2) is 9.69. The van der Waals surface area contributed by atoms with Crippen molar-refractivity contribution in [2.45, 2.75) is 108 Å². The fourth-order valence-corrected chi connectivity index (χ4v) is 6.79. The molecule has 2 aromatic rings. The van der Waals surface area contributed by atoms with Crippen LogP contribution in [0.5, 0.6) is 0 Å². The fourth-order valence-electron chi connectivity index (χ4n) is 3.92. The van der Waals surface area contributed by atoms with Crippen LogP contribution in [0.25, 0.3) is 5.65 Å². The predicted octanol–water partition coefficient (Wildman–Crippen LogP) is 5.33. The number of aromatic nitrogens is 4. The van der Waals surface area contributed by atoms with Gasteiger partial charge >= 0.3 is 0 Å². The van der Waals surface area contributed by atoms with Gasteiger partial charge in [-0.15, -0.1) is 11.8 Å². The third-order valence-electron chi connectivity index (χ3n) is 8.62. The molecule has 1 fully saturated rings. The van der Waals surface area contributed by atoms with E-state index in [4.69, 9.17) is 13.6 Å². The van der Waals surface area contributed by atoms with Crippen molar-refractivity contribution in [1.82, 2.24) is 19.6 Å². The summed E-state index contributed by atoms with van der Waals surface area (Å²) in [7, 11) is -4.53. The molecule has 0 amide bonds. The lowest BCUT2D eigenvalue weighted by Crippen LogP contribution is -2.53. The van der Waals surface area contributed by atoms with Gasteiger partial charge in [0.2, 0.25) is 5.79 Å². The van der Waals surface area contributed by atoms with E-state index in [1.54, 1.807) is 6.92 Å². The van der Waals surface area contributed by atoms with Gasteiger partial charge in [-0.05, 0) is 49.4 Å². The molecule has 1 saturated heterocycles. The molecule has 206 valence electrons. The lowest BCUT2D eigenvalue weighted by atomic mass is 9.77. The Kier molecular flexibility index (Phi) is 7.91.